The zero-order valence-electron chi connectivity index (χ0n) is 17.8. The van der Waals surface area contributed by atoms with Gasteiger partial charge in [-0.05, 0) is 24.3 Å². The van der Waals surface area contributed by atoms with Gasteiger partial charge in [0.25, 0.3) is 0 Å². The third-order valence-corrected chi connectivity index (χ3v) is 5.71. The molecule has 4 N–H and O–H groups in total. The molecule has 0 unspecified atom stereocenters. The predicted molar refractivity (Wildman–Crippen MR) is 124 cm³/mol. The van der Waals surface area contributed by atoms with E-state index >= 15 is 0 Å². The van der Waals surface area contributed by atoms with Crippen molar-refractivity contribution in [1.29, 1.82) is 0 Å². The quantitative estimate of drug-likeness (QED) is 0.486. The molecule has 0 aliphatic carbocycles. The van der Waals surface area contributed by atoms with E-state index in [1.165, 1.54) is 0 Å². The average molecular weight is 432 g/mol. The average Bonchev–Trinajstić information content (AvgIpc) is 3.24. The number of benzene rings is 1. The molecule has 0 saturated carbocycles. The zero-order valence-corrected chi connectivity index (χ0v) is 17.8. The van der Waals surface area contributed by atoms with Crippen LogP contribution in [0.1, 0.15) is 5.69 Å². The van der Waals surface area contributed by atoms with Crippen molar-refractivity contribution in [2.75, 3.05) is 49.7 Å². The largest absolute Gasteiger partial charge is 0.494 e. The van der Waals surface area contributed by atoms with E-state index in [1.54, 1.807) is 13.4 Å². The Morgan fingerprint density at radius 3 is 2.59 bits per heavy atom. The Kier molecular flexibility index (Phi) is 5.20. The smallest absolute Gasteiger partial charge is 0.224 e. The Labute approximate surface area is 185 Å². The lowest BCUT2D eigenvalue weighted by atomic mass is 10.2. The van der Waals surface area contributed by atoms with Crippen LogP contribution < -0.4 is 21.1 Å². The fraction of sp³-hybridized carbons (Fsp3) is 0.273. The van der Waals surface area contributed by atoms with Gasteiger partial charge in [-0.1, -0.05) is 6.07 Å². The van der Waals surface area contributed by atoms with Crippen molar-refractivity contribution in [3.63, 3.8) is 0 Å². The van der Waals surface area contributed by atoms with Crippen LogP contribution in [0.4, 0.5) is 17.5 Å². The molecule has 3 aromatic heterocycles. The molecule has 1 aliphatic rings. The van der Waals surface area contributed by atoms with Gasteiger partial charge in [-0.2, -0.15) is 9.97 Å². The van der Waals surface area contributed by atoms with Crippen LogP contribution >= 0.6 is 0 Å². The molecule has 32 heavy (non-hydrogen) atoms. The van der Waals surface area contributed by atoms with E-state index in [2.05, 4.69) is 41.9 Å². The number of nitrogens with two attached hydrogens (primary N) is 2. The molecule has 4 aromatic rings. The third-order valence-electron chi connectivity index (χ3n) is 5.71. The highest BCUT2D eigenvalue weighted by Gasteiger charge is 2.20. The van der Waals surface area contributed by atoms with Gasteiger partial charge in [0.05, 0.1) is 18.5 Å². The van der Waals surface area contributed by atoms with Gasteiger partial charge in [-0.15, -0.1) is 0 Å². The number of nitrogens with zero attached hydrogens (tertiary/aromatic N) is 7. The predicted octanol–water partition coefficient (Wildman–Crippen LogP) is 1.71. The molecule has 0 bridgehead atoms. The summed E-state index contributed by atoms with van der Waals surface area (Å²) in [4.78, 5) is 21.9. The van der Waals surface area contributed by atoms with Gasteiger partial charge in [0, 0.05) is 50.7 Å². The van der Waals surface area contributed by atoms with Gasteiger partial charge >= 0.3 is 0 Å². The molecule has 164 valence electrons. The zero-order chi connectivity index (χ0) is 22.1. The fourth-order valence-corrected chi connectivity index (χ4v) is 4.06. The maximum atomic E-state index is 5.95. The number of anilines is 3. The summed E-state index contributed by atoms with van der Waals surface area (Å²) in [6, 6.07) is 12.2. The lowest BCUT2D eigenvalue weighted by Crippen LogP contribution is -2.46. The van der Waals surface area contributed by atoms with Gasteiger partial charge in [-0.25, -0.2) is 4.98 Å². The molecule has 1 aliphatic heterocycles. The summed E-state index contributed by atoms with van der Waals surface area (Å²) in [6.45, 7) is 4.69. The molecule has 1 saturated heterocycles. The van der Waals surface area contributed by atoms with Gasteiger partial charge in [0.15, 0.2) is 17.0 Å². The van der Waals surface area contributed by atoms with Gasteiger partial charge < -0.3 is 21.1 Å². The molecule has 4 heterocycles. The summed E-state index contributed by atoms with van der Waals surface area (Å²) in [5.41, 5.74) is 15.8. The van der Waals surface area contributed by atoms with Crippen molar-refractivity contribution in [2.24, 2.45) is 0 Å². The molecule has 5 rings (SSSR count). The molecule has 0 radical (unpaired) electrons. The number of aromatic nitrogens is 5. The van der Waals surface area contributed by atoms with E-state index in [1.807, 2.05) is 35.0 Å². The number of pyridine rings is 1. The molecule has 1 aromatic carbocycles. The monoisotopic (exact) mass is 431 g/mol. The van der Waals surface area contributed by atoms with Gasteiger partial charge in [0.2, 0.25) is 5.95 Å². The minimum atomic E-state index is 0.107. The van der Waals surface area contributed by atoms with Crippen molar-refractivity contribution in [1.82, 2.24) is 29.4 Å². The summed E-state index contributed by atoms with van der Waals surface area (Å²) in [5.74, 6) is 1.08. The summed E-state index contributed by atoms with van der Waals surface area (Å²) in [7, 11) is 1.66. The van der Waals surface area contributed by atoms with Crippen LogP contribution in [0.3, 0.4) is 0 Å². The first kappa shape index (κ1) is 20.0. The first-order valence-electron chi connectivity index (χ1n) is 10.4. The van der Waals surface area contributed by atoms with Crippen molar-refractivity contribution in [3.8, 4) is 11.4 Å². The standard InChI is InChI=1S/C22H25N9O/c1-32-18-12-16(30-10-8-29(9-11-30)13-15-4-2-3-7-25-15)5-6-17(18)31-14-26-19-20(23)27-22(24)28-21(19)31/h2-7,12,14H,8-11,13H2,1H3,(H4,23,24,27,28). The van der Waals surface area contributed by atoms with Gasteiger partial charge in [-0.3, -0.25) is 14.5 Å². The van der Waals surface area contributed by atoms with Crippen LogP contribution in [0.15, 0.2) is 48.9 Å². The number of ether oxygens (including phenoxy) is 1. The second kappa shape index (κ2) is 8.31. The molecule has 0 atom stereocenters. The second-order valence-electron chi connectivity index (χ2n) is 7.69. The van der Waals surface area contributed by atoms with Crippen LogP contribution in [0.25, 0.3) is 16.9 Å². The summed E-state index contributed by atoms with van der Waals surface area (Å²) in [5, 5.41) is 0. The van der Waals surface area contributed by atoms with Crippen molar-refractivity contribution in [3.05, 3.63) is 54.6 Å². The van der Waals surface area contributed by atoms with Crippen LogP contribution in [-0.4, -0.2) is 62.7 Å². The molecule has 0 spiro atoms. The molecule has 10 heteroatoms. The summed E-state index contributed by atoms with van der Waals surface area (Å²) in [6.07, 6.45) is 3.50. The van der Waals surface area contributed by atoms with Crippen molar-refractivity contribution < 1.29 is 4.74 Å². The Hall–Kier alpha value is -3.92. The number of hydrogen-bond donors (Lipinski definition) is 2. The molecule has 0 amide bonds. The van der Waals surface area contributed by atoms with Crippen LogP contribution in [0.2, 0.25) is 0 Å². The number of nitrogen functional groups attached to an aromatic ring is 2. The Balaban J connectivity index is 1.36. The molecular weight excluding hydrogens is 406 g/mol. The highest BCUT2D eigenvalue weighted by Crippen LogP contribution is 2.31. The van der Waals surface area contributed by atoms with Crippen molar-refractivity contribution in [2.45, 2.75) is 6.54 Å². The first-order chi connectivity index (χ1) is 15.6. The van der Waals surface area contributed by atoms with Crippen LogP contribution in [-0.2, 0) is 6.54 Å². The van der Waals surface area contributed by atoms with Crippen LogP contribution in [0.5, 0.6) is 5.75 Å². The van der Waals surface area contributed by atoms with Crippen LogP contribution in [0, 0.1) is 0 Å². The van der Waals surface area contributed by atoms with Crippen molar-refractivity contribution >= 4 is 28.6 Å². The molecular formula is C22H25N9O. The van der Waals surface area contributed by atoms with E-state index in [-0.39, 0.29) is 11.8 Å². The van der Waals surface area contributed by atoms with E-state index < -0.39 is 0 Å². The lowest BCUT2D eigenvalue weighted by molar-refractivity contribution is 0.247. The lowest BCUT2D eigenvalue weighted by Gasteiger charge is -2.36. The Morgan fingerprint density at radius 2 is 1.84 bits per heavy atom. The van der Waals surface area contributed by atoms with E-state index in [9.17, 15) is 0 Å². The van der Waals surface area contributed by atoms with E-state index in [0.717, 1.165) is 49.8 Å². The third kappa shape index (κ3) is 3.76. The summed E-state index contributed by atoms with van der Waals surface area (Å²) >= 11 is 0. The number of hydrogen-bond acceptors (Lipinski definition) is 9. The number of piperazine rings is 1. The highest BCUT2D eigenvalue weighted by atomic mass is 16.5. The number of imidazole rings is 1. The molecule has 1 fully saturated rings. The van der Waals surface area contributed by atoms with E-state index in [0.29, 0.717) is 16.9 Å². The van der Waals surface area contributed by atoms with Gasteiger partial charge in [0.1, 0.15) is 12.1 Å². The highest BCUT2D eigenvalue weighted by molar-refractivity contribution is 5.84. The SMILES string of the molecule is COc1cc(N2CCN(Cc3ccccn3)CC2)ccc1-n1cnc2c(N)nc(N)nc21. The maximum absolute atomic E-state index is 5.95. The molecule has 10 nitrogen and oxygen atoms in total. The number of methoxy groups -OCH3 is 1. The second-order valence-corrected chi connectivity index (χ2v) is 7.69. The fourth-order valence-electron chi connectivity index (χ4n) is 4.06. The number of fused-ring (bicyclic) bond motifs is 1. The number of rotatable bonds is 5. The van der Waals surface area contributed by atoms with E-state index in [4.69, 9.17) is 16.2 Å². The maximum Gasteiger partial charge on any atom is 0.224 e. The minimum Gasteiger partial charge on any atom is -0.494 e. The normalized spacial score (nSPS) is 14.7. The topological polar surface area (TPSA) is 124 Å². The minimum absolute atomic E-state index is 0.107. The Bertz CT molecular complexity index is 1230. The summed E-state index contributed by atoms with van der Waals surface area (Å²) < 4.78 is 7.53. The Morgan fingerprint density at radius 1 is 1.00 bits per heavy atom. The first-order valence-corrected chi connectivity index (χ1v) is 10.4.